The predicted octanol–water partition coefficient (Wildman–Crippen LogP) is 1.12. The van der Waals surface area contributed by atoms with E-state index in [1.54, 1.807) is 24.3 Å². The van der Waals surface area contributed by atoms with Crippen LogP contribution in [0.1, 0.15) is 26.3 Å². The minimum absolute atomic E-state index is 0.174. The lowest BCUT2D eigenvalue weighted by Gasteiger charge is -2.18. The molecule has 2 amide bonds. The fourth-order valence-corrected chi connectivity index (χ4v) is 1.90. The molecule has 2 aromatic rings. The fraction of sp³-hybridized carbons (Fsp3) is 0.0667. The fourth-order valence-electron chi connectivity index (χ4n) is 1.90. The Morgan fingerprint density at radius 1 is 1.00 bits per heavy atom. The van der Waals surface area contributed by atoms with Gasteiger partial charge in [0, 0.05) is 0 Å². The van der Waals surface area contributed by atoms with Crippen LogP contribution >= 0.6 is 0 Å². The zero-order valence-corrected chi connectivity index (χ0v) is 11.5. The van der Waals surface area contributed by atoms with Crippen molar-refractivity contribution in [1.82, 2.24) is 5.43 Å². The lowest BCUT2D eigenvalue weighted by Crippen LogP contribution is -2.39. The summed E-state index contributed by atoms with van der Waals surface area (Å²) in [5.41, 5.74) is 3.96. The van der Waals surface area contributed by atoms with Crippen LogP contribution < -0.4 is 22.1 Å². The van der Waals surface area contributed by atoms with Crippen molar-refractivity contribution in [2.45, 2.75) is 6.92 Å². The Morgan fingerprint density at radius 2 is 1.57 bits per heavy atom. The van der Waals surface area contributed by atoms with Gasteiger partial charge in [0.2, 0.25) is 0 Å². The number of nitrogens with two attached hydrogens (primary N) is 2. The van der Waals surface area contributed by atoms with E-state index in [2.05, 4.69) is 0 Å². The molecule has 2 aromatic carbocycles. The van der Waals surface area contributed by atoms with E-state index < -0.39 is 11.8 Å². The van der Waals surface area contributed by atoms with E-state index in [9.17, 15) is 9.59 Å². The summed E-state index contributed by atoms with van der Waals surface area (Å²) < 4.78 is 0. The van der Waals surface area contributed by atoms with Gasteiger partial charge in [-0.15, -0.1) is 0 Å². The van der Waals surface area contributed by atoms with Gasteiger partial charge in [-0.25, -0.2) is 16.7 Å². The molecule has 0 atom stereocenters. The van der Waals surface area contributed by atoms with Crippen molar-refractivity contribution in [2.24, 2.45) is 11.7 Å². The Morgan fingerprint density at radius 3 is 2.14 bits per heavy atom. The van der Waals surface area contributed by atoms with Crippen molar-refractivity contribution in [2.75, 3.05) is 5.01 Å². The normalized spacial score (nSPS) is 10.0. The van der Waals surface area contributed by atoms with Crippen molar-refractivity contribution < 1.29 is 9.59 Å². The van der Waals surface area contributed by atoms with Crippen LogP contribution in [0.5, 0.6) is 0 Å². The van der Waals surface area contributed by atoms with Gasteiger partial charge in [0.25, 0.3) is 11.8 Å². The van der Waals surface area contributed by atoms with Crippen LogP contribution in [0.25, 0.3) is 0 Å². The first-order valence-corrected chi connectivity index (χ1v) is 6.30. The van der Waals surface area contributed by atoms with Crippen LogP contribution in [0.3, 0.4) is 0 Å². The number of hydrogen-bond acceptors (Lipinski definition) is 4. The largest absolute Gasteiger partial charge is 0.290 e. The van der Waals surface area contributed by atoms with Gasteiger partial charge in [0.1, 0.15) is 0 Å². The lowest BCUT2D eigenvalue weighted by atomic mass is 10.1. The topological polar surface area (TPSA) is 101 Å². The molecule has 6 heteroatoms. The second-order valence-corrected chi connectivity index (χ2v) is 4.53. The van der Waals surface area contributed by atoms with Gasteiger partial charge in [0.05, 0.1) is 16.8 Å². The van der Waals surface area contributed by atoms with Crippen LogP contribution in [0.15, 0.2) is 48.5 Å². The Kier molecular flexibility index (Phi) is 4.32. The van der Waals surface area contributed by atoms with Crippen LogP contribution in [-0.4, -0.2) is 11.8 Å². The summed E-state index contributed by atoms with van der Waals surface area (Å²) in [5, 5.41) is 1.00. The molecule has 2 rings (SSSR count). The van der Waals surface area contributed by atoms with Crippen LogP contribution in [0.4, 0.5) is 5.69 Å². The molecule has 0 bridgehead atoms. The molecule has 0 aromatic heterocycles. The Balaban J connectivity index is 2.36. The maximum atomic E-state index is 12.5. The summed E-state index contributed by atoms with van der Waals surface area (Å²) in [4.78, 5) is 24.1. The van der Waals surface area contributed by atoms with Crippen LogP contribution in [0, 0.1) is 6.92 Å². The molecule has 0 radical (unpaired) electrons. The molecule has 6 nitrogen and oxygen atoms in total. The molecule has 0 aliphatic heterocycles. The van der Waals surface area contributed by atoms with E-state index in [1.807, 2.05) is 24.5 Å². The van der Waals surface area contributed by atoms with E-state index in [-0.39, 0.29) is 11.1 Å². The molecule has 0 saturated carbocycles. The number of anilines is 1. The third-order valence-electron chi connectivity index (χ3n) is 3.06. The smallest absolute Gasteiger partial charge is 0.273 e. The zero-order chi connectivity index (χ0) is 15.4. The van der Waals surface area contributed by atoms with Gasteiger partial charge in [-0.05, 0) is 31.2 Å². The zero-order valence-electron chi connectivity index (χ0n) is 11.5. The molecule has 0 fully saturated rings. The maximum absolute atomic E-state index is 12.5. The Bertz CT molecular complexity index is 668. The van der Waals surface area contributed by atoms with Crippen molar-refractivity contribution >= 4 is 17.5 Å². The number of nitrogens with zero attached hydrogens (tertiary/aromatic N) is 1. The van der Waals surface area contributed by atoms with Crippen molar-refractivity contribution in [1.29, 1.82) is 0 Å². The standard InChI is InChI=1S/C15H16N4O2/c1-10-6-8-11(9-7-10)19(17)15(21)13-5-3-2-4-12(13)14(20)18-16/h2-9H,16-17H2,1H3,(H,18,20). The monoisotopic (exact) mass is 284 g/mol. The highest BCUT2D eigenvalue weighted by molar-refractivity contribution is 6.12. The van der Waals surface area contributed by atoms with Crippen LogP contribution in [-0.2, 0) is 0 Å². The number of hydrazine groups is 2. The Hall–Kier alpha value is -2.70. The number of carbonyl (C=O) groups is 2. The third kappa shape index (κ3) is 3.07. The summed E-state index contributed by atoms with van der Waals surface area (Å²) in [6.07, 6.45) is 0. The highest BCUT2D eigenvalue weighted by atomic mass is 16.2. The van der Waals surface area contributed by atoms with Gasteiger partial charge >= 0.3 is 0 Å². The SMILES string of the molecule is Cc1ccc(N(N)C(=O)c2ccccc2C(=O)NN)cc1. The summed E-state index contributed by atoms with van der Waals surface area (Å²) in [6.45, 7) is 1.94. The van der Waals surface area contributed by atoms with Crippen molar-refractivity contribution in [3.63, 3.8) is 0 Å². The summed E-state index contributed by atoms with van der Waals surface area (Å²) in [5.74, 6) is 9.94. The average Bonchev–Trinajstić information content (AvgIpc) is 2.53. The number of amides is 2. The van der Waals surface area contributed by atoms with Crippen molar-refractivity contribution in [3.8, 4) is 0 Å². The lowest BCUT2D eigenvalue weighted by molar-refractivity contribution is 0.0933. The minimum Gasteiger partial charge on any atom is -0.290 e. The summed E-state index contributed by atoms with van der Waals surface area (Å²) in [6, 6.07) is 13.5. The van der Waals surface area contributed by atoms with Gasteiger partial charge in [0.15, 0.2) is 0 Å². The molecule has 0 aliphatic rings. The Labute approximate surface area is 122 Å². The molecular formula is C15H16N4O2. The molecule has 0 aliphatic carbocycles. The summed E-state index contributed by atoms with van der Waals surface area (Å²) >= 11 is 0. The molecule has 0 heterocycles. The quantitative estimate of drug-likeness (QED) is 0.446. The number of benzene rings is 2. The number of aryl methyl sites for hydroxylation is 1. The highest BCUT2D eigenvalue weighted by Gasteiger charge is 2.20. The molecule has 21 heavy (non-hydrogen) atoms. The first kappa shape index (κ1) is 14.7. The predicted molar refractivity (Wildman–Crippen MR) is 80.3 cm³/mol. The number of carbonyl (C=O) groups excluding carboxylic acids is 2. The number of nitrogen functional groups attached to an aromatic ring is 1. The number of rotatable bonds is 3. The maximum Gasteiger partial charge on any atom is 0.273 e. The first-order chi connectivity index (χ1) is 10.0. The summed E-state index contributed by atoms with van der Waals surface area (Å²) in [7, 11) is 0. The number of hydrogen-bond donors (Lipinski definition) is 3. The van der Waals surface area contributed by atoms with Gasteiger partial charge < -0.3 is 0 Å². The van der Waals surface area contributed by atoms with E-state index in [1.165, 1.54) is 12.1 Å². The van der Waals surface area contributed by atoms with E-state index in [4.69, 9.17) is 11.7 Å². The van der Waals surface area contributed by atoms with Gasteiger partial charge in [-0.1, -0.05) is 29.8 Å². The second kappa shape index (κ2) is 6.17. The van der Waals surface area contributed by atoms with Crippen LogP contribution in [0.2, 0.25) is 0 Å². The third-order valence-corrected chi connectivity index (χ3v) is 3.06. The average molecular weight is 284 g/mol. The van der Waals surface area contributed by atoms with E-state index in [0.717, 1.165) is 10.6 Å². The highest BCUT2D eigenvalue weighted by Crippen LogP contribution is 2.17. The second-order valence-electron chi connectivity index (χ2n) is 4.53. The molecule has 0 spiro atoms. The first-order valence-electron chi connectivity index (χ1n) is 6.30. The van der Waals surface area contributed by atoms with Gasteiger partial charge in [-0.2, -0.15) is 0 Å². The van der Waals surface area contributed by atoms with Gasteiger partial charge in [-0.3, -0.25) is 15.0 Å². The molecule has 108 valence electrons. The minimum atomic E-state index is -0.545. The van der Waals surface area contributed by atoms with E-state index >= 15 is 0 Å². The molecule has 0 unspecified atom stereocenters. The van der Waals surface area contributed by atoms with E-state index in [0.29, 0.717) is 5.69 Å². The number of nitrogens with one attached hydrogen (secondary N) is 1. The van der Waals surface area contributed by atoms with Crippen molar-refractivity contribution in [3.05, 3.63) is 65.2 Å². The molecule has 5 N–H and O–H groups in total. The molecular weight excluding hydrogens is 268 g/mol. The molecule has 0 saturated heterocycles.